The highest BCUT2D eigenvalue weighted by Crippen LogP contribution is 2.14. The Morgan fingerprint density at radius 2 is 2.44 bits per heavy atom. The van der Waals surface area contributed by atoms with Crippen LogP contribution in [0, 0.1) is 0 Å². The normalized spacial score (nSPS) is 21.2. The molecule has 0 spiro atoms. The van der Waals surface area contributed by atoms with Crippen LogP contribution in [0.4, 0.5) is 0 Å². The van der Waals surface area contributed by atoms with Crippen molar-refractivity contribution in [3.8, 4) is 0 Å². The van der Waals surface area contributed by atoms with E-state index in [0.29, 0.717) is 6.10 Å². The fourth-order valence-electron chi connectivity index (χ4n) is 2.20. The van der Waals surface area contributed by atoms with Gasteiger partial charge in [0.25, 0.3) is 0 Å². The summed E-state index contributed by atoms with van der Waals surface area (Å²) in [6, 6.07) is 2.16. The Bertz CT molecular complexity index is 303. The van der Waals surface area contributed by atoms with Crippen molar-refractivity contribution < 1.29 is 4.74 Å². The highest BCUT2D eigenvalue weighted by atomic mass is 16.5. The molecule has 0 bridgehead atoms. The number of rotatable bonds is 5. The molecular formula is C13H22N2O. The second kappa shape index (κ2) is 6.06. The Morgan fingerprint density at radius 1 is 1.50 bits per heavy atom. The molecule has 0 radical (unpaired) electrons. The van der Waals surface area contributed by atoms with Gasteiger partial charge in [-0.2, -0.15) is 0 Å². The van der Waals surface area contributed by atoms with Crippen LogP contribution in [-0.2, 0) is 18.3 Å². The zero-order valence-electron chi connectivity index (χ0n) is 10.1. The van der Waals surface area contributed by atoms with E-state index in [-0.39, 0.29) is 0 Å². The largest absolute Gasteiger partial charge is 0.378 e. The van der Waals surface area contributed by atoms with E-state index < -0.39 is 0 Å². The first-order valence-corrected chi connectivity index (χ1v) is 6.28. The van der Waals surface area contributed by atoms with Gasteiger partial charge in [-0.25, -0.2) is 0 Å². The summed E-state index contributed by atoms with van der Waals surface area (Å²) >= 11 is 0. The van der Waals surface area contributed by atoms with E-state index in [4.69, 9.17) is 4.74 Å². The van der Waals surface area contributed by atoms with E-state index in [1.807, 2.05) is 0 Å². The van der Waals surface area contributed by atoms with Crippen LogP contribution in [0.3, 0.4) is 0 Å². The van der Waals surface area contributed by atoms with Crippen LogP contribution >= 0.6 is 0 Å². The summed E-state index contributed by atoms with van der Waals surface area (Å²) in [7, 11) is 2.05. The van der Waals surface area contributed by atoms with Gasteiger partial charge >= 0.3 is 0 Å². The number of nitrogens with zero attached hydrogens (tertiary/aromatic N) is 1. The van der Waals surface area contributed by atoms with E-state index in [2.05, 4.69) is 35.4 Å². The maximum Gasteiger partial charge on any atom is 0.0587 e. The lowest BCUT2D eigenvalue weighted by Gasteiger charge is -2.22. The fraction of sp³-hybridized carbons (Fsp3) is 0.692. The van der Waals surface area contributed by atoms with Crippen molar-refractivity contribution in [2.75, 3.05) is 13.2 Å². The number of aryl methyl sites for hydroxylation is 1. The number of hydrogen-bond donors (Lipinski definition) is 1. The number of nitrogens with one attached hydrogen (secondary N) is 1. The Hall–Kier alpha value is -0.800. The molecule has 1 aromatic rings. The average Bonchev–Trinajstić information content (AvgIpc) is 2.72. The average molecular weight is 222 g/mol. The summed E-state index contributed by atoms with van der Waals surface area (Å²) < 4.78 is 7.77. The van der Waals surface area contributed by atoms with Crippen molar-refractivity contribution >= 4 is 0 Å². The molecule has 2 rings (SSSR count). The summed E-state index contributed by atoms with van der Waals surface area (Å²) in [4.78, 5) is 0. The molecule has 0 amide bonds. The minimum Gasteiger partial charge on any atom is -0.378 e. The molecule has 1 N–H and O–H groups in total. The van der Waals surface area contributed by atoms with Crippen LogP contribution in [-0.4, -0.2) is 23.8 Å². The first-order valence-electron chi connectivity index (χ1n) is 6.28. The lowest BCUT2D eigenvalue weighted by molar-refractivity contribution is 0.0115. The molecule has 16 heavy (non-hydrogen) atoms. The van der Waals surface area contributed by atoms with Gasteiger partial charge in [-0.15, -0.1) is 0 Å². The van der Waals surface area contributed by atoms with Crippen LogP contribution in [0.25, 0.3) is 0 Å². The molecule has 2 heterocycles. The van der Waals surface area contributed by atoms with Gasteiger partial charge in [0.2, 0.25) is 0 Å². The molecule has 1 fully saturated rings. The molecule has 1 atom stereocenters. The predicted molar refractivity (Wildman–Crippen MR) is 65.3 cm³/mol. The van der Waals surface area contributed by atoms with Crippen molar-refractivity contribution in [3.63, 3.8) is 0 Å². The first-order chi connectivity index (χ1) is 7.84. The first kappa shape index (κ1) is 11.7. The Kier molecular flexibility index (Phi) is 4.43. The second-order valence-electron chi connectivity index (χ2n) is 4.64. The van der Waals surface area contributed by atoms with E-state index in [1.165, 1.54) is 24.8 Å². The standard InChI is InChI=1S/C13H22N2O/c1-15-8-6-12(11-15)10-14-7-5-13-4-2-3-9-16-13/h6,8,11,13-14H,2-5,7,9-10H2,1H3. The van der Waals surface area contributed by atoms with E-state index in [1.54, 1.807) is 0 Å². The number of hydrogen-bond acceptors (Lipinski definition) is 2. The van der Waals surface area contributed by atoms with Gasteiger partial charge in [0.05, 0.1) is 6.10 Å². The summed E-state index contributed by atoms with van der Waals surface area (Å²) in [6.07, 6.45) is 9.71. The molecule has 0 aromatic carbocycles. The molecule has 3 heteroatoms. The van der Waals surface area contributed by atoms with Crippen molar-refractivity contribution in [2.45, 2.75) is 38.3 Å². The summed E-state index contributed by atoms with van der Waals surface area (Å²) in [6.45, 7) is 2.98. The molecule has 90 valence electrons. The van der Waals surface area contributed by atoms with Gasteiger partial charge in [0.1, 0.15) is 0 Å². The van der Waals surface area contributed by atoms with Gasteiger partial charge in [-0.05, 0) is 43.9 Å². The molecule has 1 aliphatic heterocycles. The third kappa shape index (κ3) is 3.65. The summed E-state index contributed by atoms with van der Waals surface area (Å²) in [5.74, 6) is 0. The molecule has 0 saturated carbocycles. The molecular weight excluding hydrogens is 200 g/mol. The zero-order valence-corrected chi connectivity index (χ0v) is 10.1. The number of ether oxygens (including phenoxy) is 1. The van der Waals surface area contributed by atoms with Crippen molar-refractivity contribution in [3.05, 3.63) is 24.0 Å². The summed E-state index contributed by atoms with van der Waals surface area (Å²) in [5.41, 5.74) is 1.35. The zero-order chi connectivity index (χ0) is 11.2. The molecule has 1 aliphatic rings. The lowest BCUT2D eigenvalue weighted by atomic mass is 10.1. The quantitative estimate of drug-likeness (QED) is 0.772. The summed E-state index contributed by atoms with van der Waals surface area (Å²) in [5, 5.41) is 3.47. The van der Waals surface area contributed by atoms with Crippen LogP contribution in [0.1, 0.15) is 31.2 Å². The fourth-order valence-corrected chi connectivity index (χ4v) is 2.20. The Labute approximate surface area is 97.8 Å². The highest BCUT2D eigenvalue weighted by Gasteiger charge is 2.12. The van der Waals surface area contributed by atoms with E-state index >= 15 is 0 Å². The van der Waals surface area contributed by atoms with Crippen molar-refractivity contribution in [1.29, 1.82) is 0 Å². The van der Waals surface area contributed by atoms with Gasteiger partial charge in [-0.3, -0.25) is 0 Å². The van der Waals surface area contributed by atoms with Crippen molar-refractivity contribution in [2.24, 2.45) is 7.05 Å². The van der Waals surface area contributed by atoms with Crippen LogP contribution in [0.2, 0.25) is 0 Å². The van der Waals surface area contributed by atoms with Gasteiger partial charge < -0.3 is 14.6 Å². The maximum atomic E-state index is 5.69. The Balaban J connectivity index is 1.57. The second-order valence-corrected chi connectivity index (χ2v) is 4.64. The van der Waals surface area contributed by atoms with Crippen molar-refractivity contribution in [1.82, 2.24) is 9.88 Å². The molecule has 1 unspecified atom stereocenters. The van der Waals surface area contributed by atoms with Gasteiger partial charge in [-0.1, -0.05) is 0 Å². The van der Waals surface area contributed by atoms with Gasteiger partial charge in [0, 0.05) is 32.6 Å². The topological polar surface area (TPSA) is 26.2 Å². The van der Waals surface area contributed by atoms with E-state index in [9.17, 15) is 0 Å². The van der Waals surface area contributed by atoms with Crippen LogP contribution < -0.4 is 5.32 Å². The minimum absolute atomic E-state index is 0.497. The van der Waals surface area contributed by atoms with Crippen LogP contribution in [0.5, 0.6) is 0 Å². The predicted octanol–water partition coefficient (Wildman–Crippen LogP) is 2.07. The van der Waals surface area contributed by atoms with Gasteiger partial charge in [0.15, 0.2) is 0 Å². The lowest BCUT2D eigenvalue weighted by Crippen LogP contribution is -2.25. The van der Waals surface area contributed by atoms with E-state index in [0.717, 1.165) is 26.1 Å². The highest BCUT2D eigenvalue weighted by molar-refractivity contribution is 5.09. The maximum absolute atomic E-state index is 5.69. The molecule has 1 saturated heterocycles. The smallest absolute Gasteiger partial charge is 0.0587 e. The minimum atomic E-state index is 0.497. The third-order valence-electron chi connectivity index (χ3n) is 3.14. The monoisotopic (exact) mass is 222 g/mol. The van der Waals surface area contributed by atoms with Crippen LogP contribution in [0.15, 0.2) is 18.5 Å². The molecule has 1 aromatic heterocycles. The third-order valence-corrected chi connectivity index (χ3v) is 3.14. The number of aromatic nitrogens is 1. The molecule has 0 aliphatic carbocycles. The SMILES string of the molecule is Cn1ccc(CNCCC2CCCCO2)c1. The molecule has 3 nitrogen and oxygen atoms in total. The Morgan fingerprint density at radius 3 is 3.12 bits per heavy atom.